The number of nitrogens with zero attached hydrogens (tertiary/aromatic N) is 3. The predicted molar refractivity (Wildman–Crippen MR) is 84.5 cm³/mol. The highest BCUT2D eigenvalue weighted by Crippen LogP contribution is 2.37. The zero-order valence-electron chi connectivity index (χ0n) is 12.9. The number of pyridine rings is 1. The summed E-state index contributed by atoms with van der Waals surface area (Å²) in [6.07, 6.45) is 6.96. The smallest absolute Gasteiger partial charge is 0.131 e. The molecule has 0 radical (unpaired) electrons. The lowest BCUT2D eigenvalue weighted by Crippen LogP contribution is -2.47. The van der Waals surface area contributed by atoms with Crippen LogP contribution in [-0.4, -0.2) is 55.6 Å². The van der Waals surface area contributed by atoms with Crippen molar-refractivity contribution in [1.82, 2.24) is 4.98 Å². The van der Waals surface area contributed by atoms with Crippen molar-refractivity contribution in [3.8, 4) is 0 Å². The third kappa shape index (κ3) is 1.95. The van der Waals surface area contributed by atoms with Gasteiger partial charge in [-0.3, -0.25) is 0 Å². The van der Waals surface area contributed by atoms with Crippen molar-refractivity contribution in [2.45, 2.75) is 49.9 Å². The van der Waals surface area contributed by atoms with E-state index >= 15 is 0 Å². The molecule has 4 aliphatic heterocycles. The molecule has 4 bridgehead atoms. The van der Waals surface area contributed by atoms with E-state index in [1.807, 2.05) is 6.20 Å². The maximum Gasteiger partial charge on any atom is 0.131 e. The van der Waals surface area contributed by atoms with Gasteiger partial charge in [0.2, 0.25) is 0 Å². The van der Waals surface area contributed by atoms with Crippen LogP contribution in [0, 0.1) is 0 Å². The molecule has 5 heterocycles. The van der Waals surface area contributed by atoms with Gasteiger partial charge in [-0.2, -0.15) is 0 Å². The first-order valence-corrected chi connectivity index (χ1v) is 8.58. The Bertz CT molecular complexity index is 489. The van der Waals surface area contributed by atoms with Crippen LogP contribution >= 0.6 is 0 Å². The van der Waals surface area contributed by atoms with Crippen LogP contribution in [0.1, 0.15) is 25.7 Å². The average molecular weight is 301 g/mol. The molecule has 5 rings (SSSR count). The summed E-state index contributed by atoms with van der Waals surface area (Å²) in [6, 6.07) is 6.60. The number of rotatable bonds is 2. The van der Waals surface area contributed by atoms with E-state index in [-0.39, 0.29) is 0 Å². The molecule has 0 N–H and O–H groups in total. The Balaban J connectivity index is 1.46. The lowest BCUT2D eigenvalue weighted by molar-refractivity contribution is 0.0897. The molecule has 4 unspecified atom stereocenters. The average Bonchev–Trinajstić information content (AvgIpc) is 2.96. The zero-order chi connectivity index (χ0) is 14.5. The van der Waals surface area contributed by atoms with E-state index in [0.717, 1.165) is 32.2 Å². The van der Waals surface area contributed by atoms with Crippen LogP contribution in [0.25, 0.3) is 0 Å². The summed E-state index contributed by atoms with van der Waals surface area (Å²) < 4.78 is 11.4. The highest BCUT2D eigenvalue weighted by molar-refractivity contribution is 5.58. The first-order chi connectivity index (χ1) is 10.9. The first-order valence-electron chi connectivity index (χ1n) is 8.58. The highest BCUT2D eigenvalue weighted by Gasteiger charge is 2.40. The van der Waals surface area contributed by atoms with E-state index in [9.17, 15) is 0 Å². The lowest BCUT2D eigenvalue weighted by atomic mass is 10.2. The van der Waals surface area contributed by atoms with Gasteiger partial charge in [0.05, 0.1) is 50.6 Å². The summed E-state index contributed by atoms with van der Waals surface area (Å²) in [7, 11) is 0. The molecular formula is C17H23N3O2. The minimum atomic E-state index is 0.517. The summed E-state index contributed by atoms with van der Waals surface area (Å²) in [5.74, 6) is 1.14. The molecule has 22 heavy (non-hydrogen) atoms. The third-order valence-electron chi connectivity index (χ3n) is 5.77. The minimum absolute atomic E-state index is 0.517. The lowest BCUT2D eigenvalue weighted by Gasteiger charge is -2.38. The molecule has 0 spiro atoms. The number of aromatic nitrogens is 1. The fraction of sp³-hybridized carbons (Fsp3) is 0.706. The van der Waals surface area contributed by atoms with Gasteiger partial charge in [-0.25, -0.2) is 4.98 Å². The molecule has 5 heteroatoms. The van der Waals surface area contributed by atoms with Crippen LogP contribution in [0.15, 0.2) is 18.3 Å². The van der Waals surface area contributed by atoms with Crippen LogP contribution in [0.4, 0.5) is 11.5 Å². The summed E-state index contributed by atoms with van der Waals surface area (Å²) in [4.78, 5) is 9.77. The SMILES string of the molecule is c1cc(N2C3CCC2COC3)cc(N2C3CCC2COC3)n1. The summed E-state index contributed by atoms with van der Waals surface area (Å²) in [5, 5.41) is 0. The monoisotopic (exact) mass is 301 g/mol. The van der Waals surface area contributed by atoms with Gasteiger partial charge in [0.1, 0.15) is 5.82 Å². The van der Waals surface area contributed by atoms with Crippen molar-refractivity contribution in [2.75, 3.05) is 36.2 Å². The van der Waals surface area contributed by atoms with Gasteiger partial charge < -0.3 is 19.3 Å². The van der Waals surface area contributed by atoms with Crippen LogP contribution in [0.3, 0.4) is 0 Å². The number of hydrogen-bond donors (Lipinski definition) is 0. The Labute approximate surface area is 131 Å². The number of ether oxygens (including phenoxy) is 2. The van der Waals surface area contributed by atoms with E-state index in [2.05, 4.69) is 26.9 Å². The molecule has 0 aliphatic carbocycles. The predicted octanol–water partition coefficient (Wildman–Crippen LogP) is 1.82. The molecule has 118 valence electrons. The molecule has 0 saturated carbocycles. The quantitative estimate of drug-likeness (QED) is 0.833. The second kappa shape index (κ2) is 5.10. The Kier molecular flexibility index (Phi) is 3.05. The van der Waals surface area contributed by atoms with Crippen molar-refractivity contribution in [3.05, 3.63) is 18.3 Å². The van der Waals surface area contributed by atoms with E-state index in [4.69, 9.17) is 9.47 Å². The Morgan fingerprint density at radius 2 is 1.36 bits per heavy atom. The van der Waals surface area contributed by atoms with Crippen LogP contribution < -0.4 is 9.80 Å². The maximum atomic E-state index is 5.71. The van der Waals surface area contributed by atoms with Crippen molar-refractivity contribution >= 4 is 11.5 Å². The van der Waals surface area contributed by atoms with Gasteiger partial charge in [-0.1, -0.05) is 0 Å². The molecule has 0 amide bonds. The molecule has 4 fully saturated rings. The first kappa shape index (κ1) is 13.1. The molecule has 4 aliphatic rings. The maximum absolute atomic E-state index is 5.71. The van der Waals surface area contributed by atoms with Crippen molar-refractivity contribution in [1.29, 1.82) is 0 Å². The molecular weight excluding hydrogens is 278 g/mol. The fourth-order valence-corrected chi connectivity index (χ4v) is 4.76. The van der Waals surface area contributed by atoms with Gasteiger partial charge >= 0.3 is 0 Å². The summed E-state index contributed by atoms with van der Waals surface area (Å²) in [6.45, 7) is 3.45. The van der Waals surface area contributed by atoms with Crippen LogP contribution in [0.2, 0.25) is 0 Å². The van der Waals surface area contributed by atoms with Gasteiger partial charge in [0, 0.05) is 18.0 Å². The molecule has 4 saturated heterocycles. The van der Waals surface area contributed by atoms with Crippen molar-refractivity contribution in [2.24, 2.45) is 0 Å². The van der Waals surface area contributed by atoms with Gasteiger partial charge in [0.25, 0.3) is 0 Å². The standard InChI is InChI=1S/C17H23N3O2/c1-2-14-9-21-8-13(1)19(14)12-5-6-18-17(7-12)20-15-3-4-16(20)11-22-10-15/h5-7,13-16H,1-4,8-11H2. The molecule has 5 nitrogen and oxygen atoms in total. The van der Waals surface area contributed by atoms with Crippen LogP contribution in [0.5, 0.6) is 0 Å². The molecule has 1 aromatic rings. The Morgan fingerprint density at radius 3 is 1.95 bits per heavy atom. The van der Waals surface area contributed by atoms with E-state index in [1.165, 1.54) is 31.4 Å². The van der Waals surface area contributed by atoms with Crippen molar-refractivity contribution < 1.29 is 9.47 Å². The number of morpholine rings is 2. The topological polar surface area (TPSA) is 37.8 Å². The number of anilines is 2. The summed E-state index contributed by atoms with van der Waals surface area (Å²) >= 11 is 0. The van der Waals surface area contributed by atoms with E-state index < -0.39 is 0 Å². The number of fused-ring (bicyclic) bond motifs is 4. The van der Waals surface area contributed by atoms with Gasteiger partial charge in [-0.05, 0) is 31.7 Å². The van der Waals surface area contributed by atoms with Gasteiger partial charge in [-0.15, -0.1) is 0 Å². The Hall–Kier alpha value is -1.33. The normalized spacial score (nSPS) is 36.9. The molecule has 0 aromatic carbocycles. The number of hydrogen-bond acceptors (Lipinski definition) is 5. The van der Waals surface area contributed by atoms with Gasteiger partial charge in [0.15, 0.2) is 0 Å². The Morgan fingerprint density at radius 1 is 0.818 bits per heavy atom. The second-order valence-electron chi connectivity index (χ2n) is 7.03. The van der Waals surface area contributed by atoms with E-state index in [0.29, 0.717) is 24.2 Å². The molecule has 4 atom stereocenters. The third-order valence-corrected chi connectivity index (χ3v) is 5.77. The zero-order valence-corrected chi connectivity index (χ0v) is 12.9. The molecule has 1 aromatic heterocycles. The van der Waals surface area contributed by atoms with Crippen LogP contribution in [-0.2, 0) is 9.47 Å². The fourth-order valence-electron chi connectivity index (χ4n) is 4.76. The van der Waals surface area contributed by atoms with E-state index in [1.54, 1.807) is 0 Å². The summed E-state index contributed by atoms with van der Waals surface area (Å²) in [5.41, 5.74) is 1.33. The second-order valence-corrected chi connectivity index (χ2v) is 7.03. The highest BCUT2D eigenvalue weighted by atomic mass is 16.5. The minimum Gasteiger partial charge on any atom is -0.377 e. The largest absolute Gasteiger partial charge is 0.377 e. The van der Waals surface area contributed by atoms with Crippen molar-refractivity contribution in [3.63, 3.8) is 0 Å².